The fourth-order valence-electron chi connectivity index (χ4n) is 1.56. The van der Waals surface area contributed by atoms with E-state index in [4.69, 9.17) is 16.3 Å². The molecule has 0 fully saturated rings. The van der Waals surface area contributed by atoms with E-state index in [9.17, 15) is 5.11 Å². The largest absolute Gasteiger partial charge is 0.456 e. The summed E-state index contributed by atoms with van der Waals surface area (Å²) in [5, 5.41) is 10.0. The monoisotopic (exact) mass is 374 g/mol. The number of hydrogen-bond donors (Lipinski definition) is 1. The van der Waals surface area contributed by atoms with E-state index in [1.807, 2.05) is 24.3 Å². The molecule has 0 aliphatic rings. The lowest BCUT2D eigenvalue weighted by molar-refractivity contribution is 0.199. The van der Waals surface area contributed by atoms with Crippen LogP contribution in [0.5, 0.6) is 11.5 Å². The number of para-hydroxylation sites is 1. The van der Waals surface area contributed by atoms with E-state index >= 15 is 0 Å². The molecule has 0 spiro atoms. The fourth-order valence-corrected chi connectivity index (χ4v) is 2.39. The number of aliphatic hydroxyl groups is 1. The molecule has 0 heterocycles. The van der Waals surface area contributed by atoms with E-state index in [1.165, 1.54) is 0 Å². The van der Waals surface area contributed by atoms with Crippen molar-refractivity contribution in [1.29, 1.82) is 0 Å². The summed E-state index contributed by atoms with van der Waals surface area (Å²) in [5.41, 5.74) is 0.701. The van der Waals surface area contributed by atoms with E-state index < -0.39 is 6.10 Å². The van der Waals surface area contributed by atoms with Gasteiger partial charge in [0.25, 0.3) is 0 Å². The van der Waals surface area contributed by atoms with Crippen molar-refractivity contribution >= 4 is 34.2 Å². The Morgan fingerprint density at radius 3 is 2.56 bits per heavy atom. The molecule has 0 saturated carbocycles. The van der Waals surface area contributed by atoms with Gasteiger partial charge >= 0.3 is 0 Å². The van der Waals surface area contributed by atoms with Gasteiger partial charge in [-0.1, -0.05) is 29.8 Å². The van der Waals surface area contributed by atoms with Gasteiger partial charge in [-0.25, -0.2) is 0 Å². The standard InChI is InChI=1S/C14H12ClIO2/c1-9(17)11-7-6-10(8-12(11)15)18-14-5-3-2-4-13(14)16/h2-9,17H,1H3. The van der Waals surface area contributed by atoms with Gasteiger partial charge in [-0.05, 0) is 59.3 Å². The Kier molecular flexibility index (Phi) is 4.48. The summed E-state index contributed by atoms with van der Waals surface area (Å²) in [6.07, 6.45) is -0.580. The Labute approximate surface area is 125 Å². The second kappa shape index (κ2) is 5.91. The van der Waals surface area contributed by atoms with Crippen LogP contribution in [0.4, 0.5) is 0 Å². The molecule has 0 saturated heterocycles. The maximum absolute atomic E-state index is 9.50. The highest BCUT2D eigenvalue weighted by Gasteiger charge is 2.08. The Hall–Kier alpha value is -0.780. The van der Waals surface area contributed by atoms with Gasteiger partial charge in [0.2, 0.25) is 0 Å². The van der Waals surface area contributed by atoms with Crippen LogP contribution < -0.4 is 4.74 Å². The lowest BCUT2D eigenvalue weighted by Gasteiger charge is -2.11. The van der Waals surface area contributed by atoms with Gasteiger partial charge in [0, 0.05) is 0 Å². The molecule has 1 N–H and O–H groups in total. The first-order chi connectivity index (χ1) is 8.58. The number of aliphatic hydroxyl groups excluding tert-OH is 1. The molecule has 0 amide bonds. The maximum Gasteiger partial charge on any atom is 0.140 e. The molecular formula is C14H12ClIO2. The molecule has 94 valence electrons. The van der Waals surface area contributed by atoms with Crippen LogP contribution in [0.25, 0.3) is 0 Å². The molecule has 2 rings (SSSR count). The van der Waals surface area contributed by atoms with Gasteiger partial charge < -0.3 is 9.84 Å². The van der Waals surface area contributed by atoms with Crippen molar-refractivity contribution in [3.05, 3.63) is 56.6 Å². The zero-order valence-corrected chi connectivity index (χ0v) is 12.6. The summed E-state index contributed by atoms with van der Waals surface area (Å²) in [6.45, 7) is 1.68. The van der Waals surface area contributed by atoms with Gasteiger partial charge in [0.1, 0.15) is 11.5 Å². The number of halogens is 2. The van der Waals surface area contributed by atoms with Crippen LogP contribution in [-0.4, -0.2) is 5.11 Å². The number of rotatable bonds is 3. The number of ether oxygens (including phenoxy) is 1. The van der Waals surface area contributed by atoms with Crippen LogP contribution in [0, 0.1) is 3.57 Å². The molecular weight excluding hydrogens is 363 g/mol. The summed E-state index contributed by atoms with van der Waals surface area (Å²) in [4.78, 5) is 0. The second-order valence-electron chi connectivity index (χ2n) is 3.89. The molecule has 0 radical (unpaired) electrons. The third-order valence-electron chi connectivity index (χ3n) is 2.49. The Bertz CT molecular complexity index is 555. The Balaban J connectivity index is 2.26. The minimum absolute atomic E-state index is 0.508. The molecule has 1 atom stereocenters. The number of benzene rings is 2. The summed E-state index contributed by atoms with van der Waals surface area (Å²) in [7, 11) is 0. The molecule has 0 aliphatic carbocycles. The quantitative estimate of drug-likeness (QED) is 0.783. The summed E-state index contributed by atoms with van der Waals surface area (Å²) < 4.78 is 6.78. The third kappa shape index (κ3) is 3.16. The first kappa shape index (κ1) is 13.6. The molecule has 4 heteroatoms. The molecule has 2 aromatic rings. The van der Waals surface area contributed by atoms with Gasteiger partial charge in [0.05, 0.1) is 14.7 Å². The molecule has 18 heavy (non-hydrogen) atoms. The minimum Gasteiger partial charge on any atom is -0.456 e. The molecule has 0 bridgehead atoms. The first-order valence-electron chi connectivity index (χ1n) is 5.48. The van der Waals surface area contributed by atoms with Crippen molar-refractivity contribution in [1.82, 2.24) is 0 Å². The van der Waals surface area contributed by atoms with Gasteiger partial charge in [-0.3, -0.25) is 0 Å². The molecule has 0 aromatic heterocycles. The van der Waals surface area contributed by atoms with Crippen molar-refractivity contribution in [2.24, 2.45) is 0 Å². The third-order valence-corrected chi connectivity index (χ3v) is 3.70. The molecule has 0 aliphatic heterocycles. The van der Waals surface area contributed by atoms with E-state index in [2.05, 4.69) is 22.6 Å². The smallest absolute Gasteiger partial charge is 0.140 e. The average Bonchev–Trinajstić information content (AvgIpc) is 2.32. The zero-order valence-electron chi connectivity index (χ0n) is 9.73. The van der Waals surface area contributed by atoms with E-state index in [-0.39, 0.29) is 0 Å². The summed E-state index contributed by atoms with van der Waals surface area (Å²) >= 11 is 8.30. The Morgan fingerprint density at radius 1 is 1.22 bits per heavy atom. The topological polar surface area (TPSA) is 29.5 Å². The van der Waals surface area contributed by atoms with Crippen LogP contribution in [0.3, 0.4) is 0 Å². The highest BCUT2D eigenvalue weighted by Crippen LogP contribution is 2.31. The van der Waals surface area contributed by atoms with E-state index in [0.29, 0.717) is 16.3 Å². The molecule has 2 aromatic carbocycles. The zero-order chi connectivity index (χ0) is 13.1. The van der Waals surface area contributed by atoms with Gasteiger partial charge in [0.15, 0.2) is 0 Å². The van der Waals surface area contributed by atoms with Crippen molar-refractivity contribution in [3.63, 3.8) is 0 Å². The average molecular weight is 375 g/mol. The van der Waals surface area contributed by atoms with Gasteiger partial charge in [-0.2, -0.15) is 0 Å². The predicted octanol–water partition coefficient (Wildman–Crippen LogP) is 4.79. The van der Waals surface area contributed by atoms with Crippen molar-refractivity contribution in [2.45, 2.75) is 13.0 Å². The highest BCUT2D eigenvalue weighted by atomic mass is 127. The Morgan fingerprint density at radius 2 is 1.94 bits per heavy atom. The van der Waals surface area contributed by atoms with Crippen molar-refractivity contribution < 1.29 is 9.84 Å². The molecule has 2 nitrogen and oxygen atoms in total. The van der Waals surface area contributed by atoms with Crippen molar-refractivity contribution in [2.75, 3.05) is 0 Å². The van der Waals surface area contributed by atoms with Crippen LogP contribution in [0.15, 0.2) is 42.5 Å². The van der Waals surface area contributed by atoms with Crippen LogP contribution in [0.2, 0.25) is 5.02 Å². The van der Waals surface area contributed by atoms with Crippen LogP contribution in [-0.2, 0) is 0 Å². The normalized spacial score (nSPS) is 12.2. The van der Waals surface area contributed by atoms with Crippen LogP contribution >= 0.6 is 34.2 Å². The SMILES string of the molecule is CC(O)c1ccc(Oc2ccccc2I)cc1Cl. The van der Waals surface area contributed by atoms with E-state index in [1.54, 1.807) is 25.1 Å². The molecule has 1 unspecified atom stereocenters. The van der Waals surface area contributed by atoms with Crippen molar-refractivity contribution in [3.8, 4) is 11.5 Å². The highest BCUT2D eigenvalue weighted by molar-refractivity contribution is 14.1. The minimum atomic E-state index is -0.580. The van der Waals surface area contributed by atoms with Gasteiger partial charge in [-0.15, -0.1) is 0 Å². The lowest BCUT2D eigenvalue weighted by atomic mass is 10.1. The van der Waals surface area contributed by atoms with Crippen LogP contribution in [0.1, 0.15) is 18.6 Å². The first-order valence-corrected chi connectivity index (χ1v) is 6.93. The summed E-state index contributed by atoms with van der Waals surface area (Å²) in [5.74, 6) is 1.45. The predicted molar refractivity (Wildman–Crippen MR) is 81.3 cm³/mol. The number of hydrogen-bond acceptors (Lipinski definition) is 2. The maximum atomic E-state index is 9.50. The fraction of sp³-hybridized carbons (Fsp3) is 0.143. The summed E-state index contributed by atoms with van der Waals surface area (Å²) in [6, 6.07) is 13.0. The second-order valence-corrected chi connectivity index (χ2v) is 5.46. The lowest BCUT2D eigenvalue weighted by Crippen LogP contribution is -1.93. The van der Waals surface area contributed by atoms with E-state index in [0.717, 1.165) is 9.32 Å².